The third kappa shape index (κ3) is 1.71. The van der Waals surface area contributed by atoms with Gasteiger partial charge in [-0.05, 0) is 0 Å². The zero-order valence-corrected chi connectivity index (χ0v) is 7.17. The van der Waals surface area contributed by atoms with Gasteiger partial charge >= 0.3 is 0 Å². The third-order valence-corrected chi connectivity index (χ3v) is 1.60. The molecule has 4 nitrogen and oxygen atoms in total. The number of hydrogen-bond acceptors (Lipinski definition) is 3. The maximum absolute atomic E-state index is 12.4. The Balaban J connectivity index is 3.51. The minimum atomic E-state index is -2.86. The Morgan fingerprint density at radius 2 is 2.29 bits per heavy atom. The summed E-state index contributed by atoms with van der Waals surface area (Å²) in [4.78, 5) is 12.9. The Morgan fingerprint density at radius 1 is 1.64 bits per heavy atom. The molecule has 0 spiro atoms. The molecule has 1 rings (SSSR count). The minimum absolute atomic E-state index is 0.277. The van der Waals surface area contributed by atoms with E-state index in [0.29, 0.717) is 0 Å². The van der Waals surface area contributed by atoms with Crippen molar-refractivity contribution in [3.05, 3.63) is 27.7 Å². The van der Waals surface area contributed by atoms with Crippen molar-refractivity contribution in [1.82, 2.24) is 4.98 Å². The van der Waals surface area contributed by atoms with Crippen molar-refractivity contribution in [2.75, 3.05) is 7.11 Å². The molecule has 0 unspecified atom stereocenters. The molecule has 6 heteroatoms. The summed E-state index contributed by atoms with van der Waals surface area (Å²) < 4.78 is 29.5. The number of methoxy groups -OCH3 is 1. The van der Waals surface area contributed by atoms with Crippen molar-refractivity contribution in [2.45, 2.75) is 6.43 Å². The van der Waals surface area contributed by atoms with E-state index in [1.54, 1.807) is 0 Å². The SMILES string of the molecule is COc1cc(=O)[nH]c(C#N)c1C(F)F. The summed E-state index contributed by atoms with van der Waals surface area (Å²) in [6.07, 6.45) is -2.86. The molecule has 1 aromatic heterocycles. The van der Waals surface area contributed by atoms with Gasteiger partial charge in [0.2, 0.25) is 0 Å². The highest BCUT2D eigenvalue weighted by atomic mass is 19.3. The number of nitrogens with one attached hydrogen (secondary N) is 1. The van der Waals surface area contributed by atoms with Crippen molar-refractivity contribution >= 4 is 0 Å². The molecule has 0 bridgehead atoms. The fourth-order valence-corrected chi connectivity index (χ4v) is 1.02. The predicted octanol–water partition coefficient (Wildman–Crippen LogP) is 1.19. The van der Waals surface area contributed by atoms with E-state index in [1.165, 1.54) is 6.07 Å². The normalized spacial score (nSPS) is 9.93. The number of halogens is 2. The Bertz CT molecular complexity index is 434. The van der Waals surface area contributed by atoms with Crippen LogP contribution >= 0.6 is 0 Å². The van der Waals surface area contributed by atoms with E-state index in [-0.39, 0.29) is 5.75 Å². The van der Waals surface area contributed by atoms with E-state index in [1.807, 2.05) is 4.98 Å². The van der Waals surface area contributed by atoms with Gasteiger partial charge in [0.05, 0.1) is 12.7 Å². The van der Waals surface area contributed by atoms with Crippen LogP contribution in [0.5, 0.6) is 5.75 Å². The van der Waals surface area contributed by atoms with Crippen LogP contribution in [0.2, 0.25) is 0 Å². The van der Waals surface area contributed by atoms with E-state index in [9.17, 15) is 13.6 Å². The van der Waals surface area contributed by atoms with E-state index in [4.69, 9.17) is 5.26 Å². The maximum atomic E-state index is 12.4. The van der Waals surface area contributed by atoms with Gasteiger partial charge in [-0.3, -0.25) is 4.79 Å². The Hall–Kier alpha value is -1.90. The summed E-state index contributed by atoms with van der Waals surface area (Å²) in [7, 11) is 1.15. The van der Waals surface area contributed by atoms with E-state index in [0.717, 1.165) is 13.2 Å². The summed E-state index contributed by atoms with van der Waals surface area (Å²) >= 11 is 0. The first-order valence-electron chi connectivity index (χ1n) is 3.59. The van der Waals surface area contributed by atoms with E-state index in [2.05, 4.69) is 4.74 Å². The van der Waals surface area contributed by atoms with Crippen molar-refractivity contribution in [2.24, 2.45) is 0 Å². The fraction of sp³-hybridized carbons (Fsp3) is 0.250. The number of nitriles is 1. The third-order valence-electron chi connectivity index (χ3n) is 1.60. The van der Waals surface area contributed by atoms with Gasteiger partial charge in [0.25, 0.3) is 12.0 Å². The van der Waals surface area contributed by atoms with Crippen LogP contribution in [-0.2, 0) is 0 Å². The lowest BCUT2D eigenvalue weighted by Gasteiger charge is -2.07. The highest BCUT2D eigenvalue weighted by molar-refractivity contribution is 5.42. The first kappa shape index (κ1) is 10.2. The lowest BCUT2D eigenvalue weighted by Crippen LogP contribution is -2.11. The maximum Gasteiger partial charge on any atom is 0.270 e. The Labute approximate surface area is 77.7 Å². The van der Waals surface area contributed by atoms with Crippen molar-refractivity contribution in [3.63, 3.8) is 0 Å². The zero-order chi connectivity index (χ0) is 10.7. The second-order valence-electron chi connectivity index (χ2n) is 2.40. The number of rotatable bonds is 2. The fourth-order valence-electron chi connectivity index (χ4n) is 1.02. The number of aromatic nitrogens is 1. The van der Waals surface area contributed by atoms with Crippen LogP contribution in [0.15, 0.2) is 10.9 Å². The molecule has 0 radical (unpaired) electrons. The van der Waals surface area contributed by atoms with E-state index < -0.39 is 23.2 Å². The molecular formula is C8H6F2N2O2. The quantitative estimate of drug-likeness (QED) is 0.779. The first-order chi connectivity index (χ1) is 6.60. The largest absolute Gasteiger partial charge is 0.496 e. The highest BCUT2D eigenvalue weighted by Gasteiger charge is 2.20. The molecule has 0 saturated carbocycles. The van der Waals surface area contributed by atoms with Crippen LogP contribution in [0.25, 0.3) is 0 Å². The van der Waals surface area contributed by atoms with Crippen molar-refractivity contribution in [1.29, 1.82) is 5.26 Å². The van der Waals surface area contributed by atoms with Crippen LogP contribution in [0, 0.1) is 11.3 Å². The standard InChI is InChI=1S/C8H6F2N2O2/c1-14-5-2-6(13)12-4(3-11)7(5)8(9)10/h2,8H,1H3,(H,12,13). The summed E-state index contributed by atoms with van der Waals surface area (Å²) in [5.74, 6) is -0.277. The number of nitrogens with zero attached hydrogens (tertiary/aromatic N) is 1. The van der Waals surface area contributed by atoms with Crippen molar-refractivity contribution in [3.8, 4) is 11.8 Å². The first-order valence-corrected chi connectivity index (χ1v) is 3.59. The molecule has 0 aliphatic carbocycles. The van der Waals surface area contributed by atoms with Crippen LogP contribution < -0.4 is 10.3 Å². The number of H-pyrrole nitrogens is 1. The molecule has 14 heavy (non-hydrogen) atoms. The molecule has 74 valence electrons. The van der Waals surface area contributed by atoms with Gasteiger partial charge in [0, 0.05) is 6.07 Å². The molecule has 0 aliphatic heterocycles. The molecule has 0 amide bonds. The topological polar surface area (TPSA) is 65.9 Å². The predicted molar refractivity (Wildman–Crippen MR) is 43.3 cm³/mol. The summed E-state index contributed by atoms with van der Waals surface area (Å²) in [6, 6.07) is 2.35. The average molecular weight is 200 g/mol. The molecule has 0 fully saturated rings. The summed E-state index contributed by atoms with van der Waals surface area (Å²) in [6.45, 7) is 0. The van der Waals surface area contributed by atoms with Crippen LogP contribution in [0.1, 0.15) is 17.7 Å². The molecule has 0 aliphatic rings. The molecule has 1 heterocycles. The summed E-state index contributed by atoms with van der Waals surface area (Å²) in [5.41, 5.74) is -1.71. The van der Waals surface area contributed by atoms with Crippen molar-refractivity contribution < 1.29 is 13.5 Å². The second kappa shape index (κ2) is 3.87. The smallest absolute Gasteiger partial charge is 0.270 e. The minimum Gasteiger partial charge on any atom is -0.496 e. The van der Waals surface area contributed by atoms with E-state index >= 15 is 0 Å². The number of aromatic amines is 1. The molecule has 0 atom stereocenters. The molecular weight excluding hydrogens is 194 g/mol. The van der Waals surface area contributed by atoms with Gasteiger partial charge in [-0.15, -0.1) is 0 Å². The van der Waals surface area contributed by atoms with Crippen LogP contribution in [0.4, 0.5) is 8.78 Å². The average Bonchev–Trinajstić information content (AvgIpc) is 2.15. The molecule has 0 saturated heterocycles. The molecule has 0 aromatic carbocycles. The van der Waals surface area contributed by atoms with Crippen LogP contribution in [0.3, 0.4) is 0 Å². The van der Waals surface area contributed by atoms with Gasteiger partial charge in [-0.2, -0.15) is 5.26 Å². The highest BCUT2D eigenvalue weighted by Crippen LogP contribution is 2.29. The lowest BCUT2D eigenvalue weighted by molar-refractivity contribution is 0.146. The zero-order valence-electron chi connectivity index (χ0n) is 7.17. The number of alkyl halides is 2. The summed E-state index contributed by atoms with van der Waals surface area (Å²) in [5, 5.41) is 8.50. The Morgan fingerprint density at radius 3 is 2.71 bits per heavy atom. The Kier molecular flexibility index (Phi) is 2.82. The molecule has 1 N–H and O–H groups in total. The van der Waals surface area contributed by atoms with Gasteiger partial charge in [-0.1, -0.05) is 0 Å². The number of ether oxygens (including phenoxy) is 1. The van der Waals surface area contributed by atoms with Crippen LogP contribution in [-0.4, -0.2) is 12.1 Å². The number of hydrogen-bond donors (Lipinski definition) is 1. The second-order valence-corrected chi connectivity index (χ2v) is 2.40. The van der Waals surface area contributed by atoms with Gasteiger partial charge < -0.3 is 9.72 Å². The van der Waals surface area contributed by atoms with Gasteiger partial charge in [-0.25, -0.2) is 8.78 Å². The van der Waals surface area contributed by atoms with Gasteiger partial charge in [0.1, 0.15) is 17.5 Å². The molecule has 1 aromatic rings. The van der Waals surface area contributed by atoms with Gasteiger partial charge in [0.15, 0.2) is 0 Å². The number of pyridine rings is 1. The lowest BCUT2D eigenvalue weighted by atomic mass is 10.2. The monoisotopic (exact) mass is 200 g/mol.